The molecule has 1 amide bonds. The molecule has 0 aromatic carbocycles. The third-order valence-corrected chi connectivity index (χ3v) is 4.07. The number of nitrogens with zero attached hydrogens (tertiary/aromatic N) is 1. The van der Waals surface area contributed by atoms with E-state index in [1.165, 1.54) is 0 Å². The van der Waals surface area contributed by atoms with E-state index in [0.717, 1.165) is 4.88 Å². The van der Waals surface area contributed by atoms with E-state index in [2.05, 4.69) is 5.32 Å². The molecule has 1 aromatic heterocycles. The number of β-amino-alcohol motifs (C(OH)–C–C–N with tert-alkyl or cyclic N) is 1. The van der Waals surface area contributed by atoms with Gasteiger partial charge < -0.3 is 20.1 Å². The lowest BCUT2D eigenvalue weighted by atomic mass is 10.1. The molecule has 1 aromatic rings. The zero-order valence-corrected chi connectivity index (χ0v) is 11.9. The maximum Gasteiger partial charge on any atom is 0.240 e. The second-order valence-corrected chi connectivity index (χ2v) is 5.71. The number of aliphatic hydroxyl groups is 1. The van der Waals surface area contributed by atoms with Crippen molar-refractivity contribution in [2.24, 2.45) is 0 Å². The summed E-state index contributed by atoms with van der Waals surface area (Å²) in [5.74, 6) is 0.0435. The Kier molecular flexibility index (Phi) is 5.33. The average molecular weight is 284 g/mol. The Morgan fingerprint density at radius 3 is 3.11 bits per heavy atom. The van der Waals surface area contributed by atoms with Crippen molar-refractivity contribution < 1.29 is 14.6 Å². The molecule has 6 heteroatoms. The molecule has 0 radical (unpaired) electrons. The van der Waals surface area contributed by atoms with Crippen molar-refractivity contribution in [3.8, 4) is 0 Å². The molecule has 1 fully saturated rings. The zero-order valence-electron chi connectivity index (χ0n) is 11.0. The Morgan fingerprint density at radius 1 is 1.68 bits per heavy atom. The number of amides is 1. The van der Waals surface area contributed by atoms with Gasteiger partial charge >= 0.3 is 0 Å². The van der Waals surface area contributed by atoms with Gasteiger partial charge in [0.15, 0.2) is 0 Å². The van der Waals surface area contributed by atoms with Gasteiger partial charge in [0, 0.05) is 25.1 Å². The van der Waals surface area contributed by atoms with Gasteiger partial charge in [-0.15, -0.1) is 11.3 Å². The molecule has 2 heterocycles. The van der Waals surface area contributed by atoms with Crippen LogP contribution in [0, 0.1) is 0 Å². The van der Waals surface area contributed by atoms with Crippen LogP contribution in [0.15, 0.2) is 17.5 Å². The molecule has 2 rings (SSSR count). The predicted octanol–water partition coefficient (Wildman–Crippen LogP) is 0.446. The van der Waals surface area contributed by atoms with Gasteiger partial charge in [-0.2, -0.15) is 0 Å². The third kappa shape index (κ3) is 4.01. The van der Waals surface area contributed by atoms with Crippen LogP contribution >= 0.6 is 11.3 Å². The van der Waals surface area contributed by atoms with Crippen LogP contribution in [0.3, 0.4) is 0 Å². The lowest BCUT2D eigenvalue weighted by Crippen LogP contribution is -2.44. The van der Waals surface area contributed by atoms with Crippen LogP contribution in [-0.2, 0) is 16.1 Å². The number of methoxy groups -OCH3 is 1. The van der Waals surface area contributed by atoms with Crippen LogP contribution in [0.4, 0.5) is 0 Å². The first-order valence-corrected chi connectivity index (χ1v) is 7.30. The first-order chi connectivity index (χ1) is 9.20. The van der Waals surface area contributed by atoms with E-state index in [1.54, 1.807) is 23.3 Å². The molecule has 0 bridgehead atoms. The van der Waals surface area contributed by atoms with Crippen molar-refractivity contribution in [1.82, 2.24) is 10.2 Å². The van der Waals surface area contributed by atoms with Crippen molar-refractivity contribution in [3.05, 3.63) is 22.4 Å². The molecule has 1 aliphatic heterocycles. The number of nitrogens with one attached hydrogen (secondary N) is 1. The first kappa shape index (κ1) is 14.5. The fourth-order valence-electron chi connectivity index (χ4n) is 2.18. The van der Waals surface area contributed by atoms with Gasteiger partial charge in [-0.1, -0.05) is 6.07 Å². The lowest BCUT2D eigenvalue weighted by Gasteiger charge is -2.25. The largest absolute Gasteiger partial charge is 0.392 e. The Hall–Kier alpha value is -0.950. The fourth-order valence-corrected chi connectivity index (χ4v) is 2.90. The summed E-state index contributed by atoms with van der Waals surface area (Å²) in [6, 6.07) is 3.73. The predicted molar refractivity (Wildman–Crippen MR) is 74.0 cm³/mol. The molecule has 0 spiro atoms. The van der Waals surface area contributed by atoms with Crippen LogP contribution in [0.25, 0.3) is 0 Å². The molecule has 106 valence electrons. The summed E-state index contributed by atoms with van der Waals surface area (Å²) in [6.07, 6.45) is 0.0761. The minimum absolute atomic E-state index is 0.0435. The quantitative estimate of drug-likeness (QED) is 0.796. The van der Waals surface area contributed by atoms with Gasteiger partial charge in [-0.3, -0.25) is 4.79 Å². The first-order valence-electron chi connectivity index (χ1n) is 6.42. The van der Waals surface area contributed by atoms with Gasteiger partial charge in [-0.25, -0.2) is 0 Å². The molecule has 2 N–H and O–H groups in total. The molecule has 2 atom stereocenters. The van der Waals surface area contributed by atoms with Gasteiger partial charge in [0.25, 0.3) is 0 Å². The second-order valence-electron chi connectivity index (χ2n) is 4.68. The highest BCUT2D eigenvalue weighted by Crippen LogP contribution is 2.15. The van der Waals surface area contributed by atoms with Crippen molar-refractivity contribution in [2.75, 3.05) is 26.8 Å². The molecule has 1 saturated heterocycles. The number of carbonyl (C=O) groups excluding carboxylic acids is 1. The smallest absolute Gasteiger partial charge is 0.240 e. The van der Waals surface area contributed by atoms with E-state index in [4.69, 9.17) is 4.74 Å². The minimum atomic E-state index is -0.417. The Morgan fingerprint density at radius 2 is 2.53 bits per heavy atom. The molecule has 19 heavy (non-hydrogen) atoms. The molecule has 0 aliphatic carbocycles. The van der Waals surface area contributed by atoms with Crippen LogP contribution in [-0.4, -0.2) is 54.9 Å². The van der Waals surface area contributed by atoms with Crippen molar-refractivity contribution in [2.45, 2.75) is 25.1 Å². The van der Waals surface area contributed by atoms with Crippen LogP contribution in [0.5, 0.6) is 0 Å². The molecular formula is C13H20N2O3S. The van der Waals surface area contributed by atoms with Gasteiger partial charge in [0.05, 0.1) is 25.3 Å². The number of aliphatic hydroxyl groups excluding tert-OH is 1. The van der Waals surface area contributed by atoms with Crippen molar-refractivity contribution >= 4 is 17.2 Å². The summed E-state index contributed by atoms with van der Waals surface area (Å²) in [4.78, 5) is 15.4. The van der Waals surface area contributed by atoms with Gasteiger partial charge in [0.1, 0.15) is 0 Å². The van der Waals surface area contributed by atoms with Crippen LogP contribution in [0.2, 0.25) is 0 Å². The summed E-state index contributed by atoms with van der Waals surface area (Å²) in [5.41, 5.74) is 0. The Bertz CT molecular complexity index is 397. The highest BCUT2D eigenvalue weighted by Gasteiger charge is 2.31. The van der Waals surface area contributed by atoms with E-state index in [0.29, 0.717) is 32.7 Å². The lowest BCUT2D eigenvalue weighted by molar-refractivity contribution is -0.134. The van der Waals surface area contributed by atoms with Crippen molar-refractivity contribution in [1.29, 1.82) is 0 Å². The molecule has 1 aliphatic rings. The van der Waals surface area contributed by atoms with Gasteiger partial charge in [-0.05, 0) is 17.9 Å². The number of hydrogen-bond donors (Lipinski definition) is 2. The van der Waals surface area contributed by atoms with Gasteiger partial charge in [0.2, 0.25) is 5.91 Å². The highest BCUT2D eigenvalue weighted by molar-refractivity contribution is 7.09. The maximum atomic E-state index is 12.4. The number of hydrogen-bond acceptors (Lipinski definition) is 5. The normalized spacial score (nSPS) is 22.6. The summed E-state index contributed by atoms with van der Waals surface area (Å²) in [6.45, 7) is 2.19. The molecular weight excluding hydrogens is 264 g/mol. The van der Waals surface area contributed by atoms with E-state index >= 15 is 0 Å². The summed E-state index contributed by atoms with van der Waals surface area (Å²) in [7, 11) is 1.63. The minimum Gasteiger partial charge on any atom is -0.392 e. The van der Waals surface area contributed by atoms with Crippen LogP contribution < -0.4 is 5.32 Å². The standard InChI is InChI=1S/C13H20N2O3S/c1-18-5-4-15(9-11-3-2-6-19-11)13(17)12-7-10(16)8-14-12/h2-3,6,10,12,14,16H,4-5,7-9H2,1H3. The summed E-state index contributed by atoms with van der Waals surface area (Å²) in [5, 5.41) is 14.6. The third-order valence-electron chi connectivity index (χ3n) is 3.21. The van der Waals surface area contributed by atoms with E-state index in [-0.39, 0.29) is 11.9 Å². The summed E-state index contributed by atoms with van der Waals surface area (Å²) >= 11 is 1.64. The van der Waals surface area contributed by atoms with Crippen molar-refractivity contribution in [3.63, 3.8) is 0 Å². The molecule has 2 unspecified atom stereocenters. The fraction of sp³-hybridized carbons (Fsp3) is 0.615. The summed E-state index contributed by atoms with van der Waals surface area (Å²) < 4.78 is 5.07. The number of rotatable bonds is 6. The zero-order chi connectivity index (χ0) is 13.7. The average Bonchev–Trinajstić information content (AvgIpc) is 3.05. The van der Waals surface area contributed by atoms with Crippen LogP contribution in [0.1, 0.15) is 11.3 Å². The topological polar surface area (TPSA) is 61.8 Å². The molecule has 5 nitrogen and oxygen atoms in total. The maximum absolute atomic E-state index is 12.4. The monoisotopic (exact) mass is 284 g/mol. The van der Waals surface area contributed by atoms with E-state index < -0.39 is 6.10 Å². The number of ether oxygens (including phenoxy) is 1. The number of thiophene rings is 1. The second kappa shape index (κ2) is 7.00. The highest BCUT2D eigenvalue weighted by atomic mass is 32.1. The van der Waals surface area contributed by atoms with E-state index in [9.17, 15) is 9.90 Å². The molecule has 0 saturated carbocycles. The SMILES string of the molecule is COCCN(Cc1cccs1)C(=O)C1CC(O)CN1. The van der Waals surface area contributed by atoms with E-state index in [1.807, 2.05) is 17.5 Å². The Balaban J connectivity index is 1.97. The number of carbonyl (C=O) groups is 1. The Labute approximate surface area is 117 Å².